The number of hydrogen-bond acceptors (Lipinski definition) is 2. The van der Waals surface area contributed by atoms with Crippen LogP contribution < -0.4 is 0 Å². The van der Waals surface area contributed by atoms with Crippen LogP contribution in [0.1, 0.15) is 22.3 Å². The molecule has 23 heavy (non-hydrogen) atoms. The normalized spacial score (nSPS) is 22.5. The second-order valence-corrected chi connectivity index (χ2v) is 6.08. The van der Waals surface area contributed by atoms with Crippen LogP contribution in [0.3, 0.4) is 0 Å². The summed E-state index contributed by atoms with van der Waals surface area (Å²) in [5.74, 6) is 0. The van der Waals surface area contributed by atoms with Gasteiger partial charge < -0.3 is 10.0 Å². The number of benzene rings is 2. The van der Waals surface area contributed by atoms with Crippen molar-refractivity contribution in [3.05, 3.63) is 70.8 Å². The number of β-amino-alcohol motifs (C(OH)–C–C–N with tert-alkyl or cyclic N) is 1. The van der Waals surface area contributed by atoms with Crippen molar-refractivity contribution in [2.75, 3.05) is 20.1 Å². The maximum atomic E-state index is 12.8. The first kappa shape index (κ1) is 16.0. The highest BCUT2D eigenvalue weighted by molar-refractivity contribution is 5.43. The summed E-state index contributed by atoms with van der Waals surface area (Å²) in [6, 6.07) is 12.4. The fourth-order valence-corrected chi connectivity index (χ4v) is 3.19. The molecule has 0 saturated carbocycles. The number of fused-ring (bicyclic) bond motifs is 1. The zero-order chi connectivity index (χ0) is 16.7. The second kappa shape index (κ2) is 5.65. The maximum Gasteiger partial charge on any atom is 0.416 e. The van der Waals surface area contributed by atoms with Gasteiger partial charge in [-0.3, -0.25) is 0 Å². The number of nitrogens with zero attached hydrogens (tertiary/aromatic N) is 1. The fourth-order valence-electron chi connectivity index (χ4n) is 3.19. The van der Waals surface area contributed by atoms with Crippen LogP contribution in [0, 0.1) is 0 Å². The minimum Gasteiger partial charge on any atom is -0.379 e. The molecule has 1 aliphatic rings. The van der Waals surface area contributed by atoms with Gasteiger partial charge in [-0.05, 0) is 42.3 Å². The van der Waals surface area contributed by atoms with Crippen molar-refractivity contribution in [2.45, 2.75) is 18.2 Å². The molecule has 0 aliphatic carbocycles. The Morgan fingerprint density at radius 2 is 1.70 bits per heavy atom. The molecule has 0 amide bonds. The third-order valence-corrected chi connectivity index (χ3v) is 4.41. The Kier molecular flexibility index (Phi) is 3.94. The molecule has 1 unspecified atom stereocenters. The third-order valence-electron chi connectivity index (χ3n) is 4.41. The zero-order valence-corrected chi connectivity index (χ0v) is 12.8. The summed E-state index contributed by atoms with van der Waals surface area (Å²) in [7, 11) is 1.90. The quantitative estimate of drug-likeness (QED) is 0.870. The van der Waals surface area contributed by atoms with Gasteiger partial charge in [0.25, 0.3) is 0 Å². The van der Waals surface area contributed by atoms with E-state index in [0.717, 1.165) is 36.2 Å². The van der Waals surface area contributed by atoms with Crippen molar-refractivity contribution in [2.24, 2.45) is 0 Å². The van der Waals surface area contributed by atoms with Gasteiger partial charge in [0.05, 0.1) is 5.56 Å². The standard InChI is InChI=1S/C18H18F3NO/c1-22-11-10-13-4-2-3-5-16(13)17(23,12-22)14-6-8-15(9-7-14)18(19,20)21/h2-9,23H,10-12H2,1H3. The minimum absolute atomic E-state index is 0.343. The van der Waals surface area contributed by atoms with Crippen molar-refractivity contribution in [3.63, 3.8) is 0 Å². The van der Waals surface area contributed by atoms with Gasteiger partial charge in [-0.15, -0.1) is 0 Å². The van der Waals surface area contributed by atoms with E-state index in [-0.39, 0.29) is 0 Å². The van der Waals surface area contributed by atoms with Crippen LogP contribution >= 0.6 is 0 Å². The highest BCUT2D eigenvalue weighted by Crippen LogP contribution is 2.37. The van der Waals surface area contributed by atoms with E-state index in [1.54, 1.807) is 0 Å². The van der Waals surface area contributed by atoms with E-state index in [0.29, 0.717) is 12.1 Å². The maximum absolute atomic E-state index is 12.8. The lowest BCUT2D eigenvalue weighted by atomic mass is 9.83. The number of alkyl halides is 3. The molecule has 2 aromatic rings. The average molecular weight is 321 g/mol. The lowest BCUT2D eigenvalue weighted by Crippen LogP contribution is -2.39. The lowest BCUT2D eigenvalue weighted by molar-refractivity contribution is -0.137. The van der Waals surface area contributed by atoms with E-state index in [1.165, 1.54) is 12.1 Å². The monoisotopic (exact) mass is 321 g/mol. The third kappa shape index (κ3) is 2.99. The minimum atomic E-state index is -4.38. The first-order chi connectivity index (χ1) is 10.8. The van der Waals surface area contributed by atoms with Gasteiger partial charge in [0, 0.05) is 13.1 Å². The Morgan fingerprint density at radius 3 is 2.35 bits per heavy atom. The zero-order valence-electron chi connectivity index (χ0n) is 12.8. The Balaban J connectivity index is 2.08. The van der Waals surface area contributed by atoms with E-state index < -0.39 is 17.3 Å². The summed E-state index contributed by atoms with van der Waals surface area (Å²) < 4.78 is 38.3. The summed E-state index contributed by atoms with van der Waals surface area (Å²) in [6.07, 6.45) is -3.57. The van der Waals surface area contributed by atoms with Gasteiger partial charge in [0.2, 0.25) is 0 Å². The molecule has 0 radical (unpaired) electrons. The molecule has 0 bridgehead atoms. The summed E-state index contributed by atoms with van der Waals surface area (Å²) in [4.78, 5) is 2.00. The lowest BCUT2D eigenvalue weighted by Gasteiger charge is -2.32. The van der Waals surface area contributed by atoms with Crippen LogP contribution in [0.4, 0.5) is 13.2 Å². The number of rotatable bonds is 1. The highest BCUT2D eigenvalue weighted by atomic mass is 19.4. The molecule has 0 spiro atoms. The van der Waals surface area contributed by atoms with Gasteiger partial charge >= 0.3 is 6.18 Å². The van der Waals surface area contributed by atoms with E-state index >= 15 is 0 Å². The number of hydrogen-bond donors (Lipinski definition) is 1. The molecule has 0 fully saturated rings. The molecule has 2 nitrogen and oxygen atoms in total. The highest BCUT2D eigenvalue weighted by Gasteiger charge is 2.37. The predicted molar refractivity (Wildman–Crippen MR) is 82.1 cm³/mol. The van der Waals surface area contributed by atoms with E-state index in [2.05, 4.69) is 0 Å². The Hall–Kier alpha value is -1.85. The van der Waals surface area contributed by atoms with Gasteiger partial charge in [-0.1, -0.05) is 36.4 Å². The molecule has 1 N–H and O–H groups in total. The first-order valence-electron chi connectivity index (χ1n) is 7.48. The number of likely N-dealkylation sites (N-methyl/N-ethyl adjacent to an activating group) is 1. The fraction of sp³-hybridized carbons (Fsp3) is 0.333. The van der Waals surface area contributed by atoms with E-state index in [9.17, 15) is 18.3 Å². The van der Waals surface area contributed by atoms with Crippen LogP contribution in [0.2, 0.25) is 0 Å². The van der Waals surface area contributed by atoms with Gasteiger partial charge in [0.15, 0.2) is 0 Å². The van der Waals surface area contributed by atoms with Crippen molar-refractivity contribution < 1.29 is 18.3 Å². The molecule has 3 rings (SSSR count). The largest absolute Gasteiger partial charge is 0.416 e. The van der Waals surface area contributed by atoms with Crippen LogP contribution in [0.5, 0.6) is 0 Å². The number of halogens is 3. The van der Waals surface area contributed by atoms with Crippen LogP contribution in [-0.2, 0) is 18.2 Å². The molecule has 0 aromatic heterocycles. The van der Waals surface area contributed by atoms with Crippen molar-refractivity contribution >= 4 is 0 Å². The predicted octanol–water partition coefficient (Wildman–Crippen LogP) is 3.43. The molecule has 122 valence electrons. The Morgan fingerprint density at radius 1 is 1.04 bits per heavy atom. The molecular formula is C18H18F3NO. The Labute approximate surface area is 133 Å². The van der Waals surface area contributed by atoms with Gasteiger partial charge in [-0.2, -0.15) is 13.2 Å². The second-order valence-electron chi connectivity index (χ2n) is 6.08. The van der Waals surface area contributed by atoms with E-state index in [1.807, 2.05) is 36.2 Å². The van der Waals surface area contributed by atoms with Crippen molar-refractivity contribution in [1.29, 1.82) is 0 Å². The summed E-state index contributed by atoms with van der Waals surface area (Å²) in [6.45, 7) is 1.13. The molecule has 1 heterocycles. The van der Waals surface area contributed by atoms with Crippen LogP contribution in [0.25, 0.3) is 0 Å². The topological polar surface area (TPSA) is 23.5 Å². The molecule has 2 aromatic carbocycles. The molecule has 1 aliphatic heterocycles. The van der Waals surface area contributed by atoms with Gasteiger partial charge in [-0.25, -0.2) is 0 Å². The molecular weight excluding hydrogens is 303 g/mol. The molecule has 1 atom stereocenters. The SMILES string of the molecule is CN1CCc2ccccc2C(O)(c2ccc(C(F)(F)F)cc2)C1. The molecule has 5 heteroatoms. The van der Waals surface area contributed by atoms with Crippen molar-refractivity contribution in [3.8, 4) is 0 Å². The number of aliphatic hydroxyl groups is 1. The summed E-state index contributed by atoms with van der Waals surface area (Å²) in [5.41, 5.74) is 0.251. The first-order valence-corrected chi connectivity index (χ1v) is 7.48. The van der Waals surface area contributed by atoms with Crippen molar-refractivity contribution in [1.82, 2.24) is 4.90 Å². The van der Waals surface area contributed by atoms with E-state index in [4.69, 9.17) is 0 Å². The van der Waals surface area contributed by atoms with Crippen LogP contribution in [0.15, 0.2) is 48.5 Å². The summed E-state index contributed by atoms with van der Waals surface area (Å²) in [5, 5.41) is 11.3. The van der Waals surface area contributed by atoms with Crippen LogP contribution in [-0.4, -0.2) is 30.1 Å². The summed E-state index contributed by atoms with van der Waals surface area (Å²) >= 11 is 0. The van der Waals surface area contributed by atoms with Gasteiger partial charge in [0.1, 0.15) is 5.60 Å². The smallest absolute Gasteiger partial charge is 0.379 e. The Bertz CT molecular complexity index is 696. The average Bonchev–Trinajstić information content (AvgIpc) is 2.65. The molecule has 0 saturated heterocycles.